The molecule has 0 aliphatic heterocycles. The van der Waals surface area contributed by atoms with Crippen LogP contribution in [0.1, 0.15) is 23.0 Å². The number of hydrogen-bond donors (Lipinski definition) is 1. The van der Waals surface area contributed by atoms with Crippen molar-refractivity contribution in [3.05, 3.63) is 76.8 Å². The number of amides is 1. The zero-order valence-corrected chi connectivity index (χ0v) is 16.9. The molecule has 1 N–H and O–H groups in total. The summed E-state index contributed by atoms with van der Waals surface area (Å²) >= 11 is 5.95. The number of nitrogens with zero attached hydrogens (tertiary/aromatic N) is 5. The SMILES string of the molecule is C[C@@H](Cn1ccc(-c2cc(F)c(C#N)c(Cl)c2)n1)NC(=O)c1nc2ccccn2c1F. The number of fused-ring (bicyclic) bond motifs is 1. The summed E-state index contributed by atoms with van der Waals surface area (Å²) in [5.41, 5.74) is 0.698. The first-order valence-corrected chi connectivity index (χ1v) is 9.61. The fourth-order valence-corrected chi connectivity index (χ4v) is 3.42. The molecule has 0 spiro atoms. The minimum atomic E-state index is -0.735. The molecule has 1 aromatic carbocycles. The van der Waals surface area contributed by atoms with Gasteiger partial charge in [0.1, 0.15) is 23.1 Å². The van der Waals surface area contributed by atoms with Gasteiger partial charge >= 0.3 is 0 Å². The Kier molecular flexibility index (Phi) is 5.40. The largest absolute Gasteiger partial charge is 0.346 e. The highest BCUT2D eigenvalue weighted by atomic mass is 35.5. The molecule has 10 heteroatoms. The number of pyridine rings is 1. The van der Waals surface area contributed by atoms with Crippen molar-refractivity contribution in [3.63, 3.8) is 0 Å². The summed E-state index contributed by atoms with van der Waals surface area (Å²) < 4.78 is 31.2. The Morgan fingerprint density at radius 1 is 1.29 bits per heavy atom. The van der Waals surface area contributed by atoms with Crippen LogP contribution >= 0.6 is 11.6 Å². The molecule has 0 aliphatic carbocycles. The maximum Gasteiger partial charge on any atom is 0.274 e. The van der Waals surface area contributed by atoms with Gasteiger partial charge < -0.3 is 5.32 Å². The normalized spacial score (nSPS) is 12.0. The van der Waals surface area contributed by atoms with Crippen LogP contribution in [0.2, 0.25) is 5.02 Å². The Morgan fingerprint density at radius 3 is 2.81 bits per heavy atom. The molecule has 7 nitrogen and oxygen atoms in total. The van der Waals surface area contributed by atoms with Gasteiger partial charge in [-0.1, -0.05) is 17.7 Å². The van der Waals surface area contributed by atoms with Crippen LogP contribution in [0.3, 0.4) is 0 Å². The summed E-state index contributed by atoms with van der Waals surface area (Å²) in [4.78, 5) is 16.5. The zero-order chi connectivity index (χ0) is 22.1. The molecule has 0 radical (unpaired) electrons. The number of benzene rings is 1. The molecule has 31 heavy (non-hydrogen) atoms. The van der Waals surface area contributed by atoms with E-state index in [2.05, 4.69) is 15.4 Å². The van der Waals surface area contributed by atoms with Crippen LogP contribution in [0, 0.1) is 23.1 Å². The van der Waals surface area contributed by atoms with E-state index in [0.29, 0.717) is 16.9 Å². The lowest BCUT2D eigenvalue weighted by Crippen LogP contribution is -2.36. The van der Waals surface area contributed by atoms with Gasteiger partial charge in [-0.25, -0.2) is 9.37 Å². The number of rotatable bonds is 5. The van der Waals surface area contributed by atoms with Gasteiger partial charge in [-0.3, -0.25) is 13.9 Å². The van der Waals surface area contributed by atoms with E-state index in [4.69, 9.17) is 16.9 Å². The van der Waals surface area contributed by atoms with E-state index in [1.54, 1.807) is 48.1 Å². The lowest BCUT2D eigenvalue weighted by Gasteiger charge is -2.13. The zero-order valence-electron chi connectivity index (χ0n) is 16.2. The minimum Gasteiger partial charge on any atom is -0.346 e. The molecule has 0 fully saturated rings. The van der Waals surface area contributed by atoms with Crippen LogP contribution in [0.4, 0.5) is 8.78 Å². The second-order valence-corrected chi connectivity index (χ2v) is 7.31. The van der Waals surface area contributed by atoms with Crippen molar-refractivity contribution in [2.75, 3.05) is 0 Å². The lowest BCUT2D eigenvalue weighted by atomic mass is 10.1. The van der Waals surface area contributed by atoms with Gasteiger partial charge in [-0.2, -0.15) is 14.8 Å². The molecule has 0 saturated carbocycles. The molecule has 156 valence electrons. The first-order chi connectivity index (χ1) is 14.9. The molecule has 0 bridgehead atoms. The topological polar surface area (TPSA) is 88.0 Å². The number of carbonyl (C=O) groups is 1. The van der Waals surface area contributed by atoms with Crippen molar-refractivity contribution in [3.8, 4) is 17.3 Å². The van der Waals surface area contributed by atoms with Crippen molar-refractivity contribution in [1.29, 1.82) is 5.26 Å². The van der Waals surface area contributed by atoms with Gasteiger partial charge in [0, 0.05) is 24.0 Å². The summed E-state index contributed by atoms with van der Waals surface area (Å²) in [6.45, 7) is 2.03. The van der Waals surface area contributed by atoms with Crippen LogP contribution in [-0.2, 0) is 6.54 Å². The average Bonchev–Trinajstić information content (AvgIpc) is 3.32. The highest BCUT2D eigenvalue weighted by molar-refractivity contribution is 6.32. The summed E-state index contributed by atoms with van der Waals surface area (Å²) in [5.74, 6) is -2.10. The number of hydrogen-bond acceptors (Lipinski definition) is 4. The van der Waals surface area contributed by atoms with Crippen molar-refractivity contribution >= 4 is 23.2 Å². The molecule has 1 atom stereocenters. The Morgan fingerprint density at radius 2 is 2.10 bits per heavy atom. The monoisotopic (exact) mass is 440 g/mol. The maximum atomic E-state index is 14.4. The Bertz CT molecular complexity index is 1320. The molecule has 0 unspecified atom stereocenters. The summed E-state index contributed by atoms with van der Waals surface area (Å²) in [7, 11) is 0. The summed E-state index contributed by atoms with van der Waals surface area (Å²) in [6.07, 6.45) is 3.15. The van der Waals surface area contributed by atoms with Crippen molar-refractivity contribution in [1.82, 2.24) is 24.5 Å². The minimum absolute atomic E-state index is 0.00200. The molecule has 0 saturated heterocycles. The first-order valence-electron chi connectivity index (χ1n) is 9.23. The second kappa shape index (κ2) is 8.16. The Hall–Kier alpha value is -3.77. The van der Waals surface area contributed by atoms with E-state index >= 15 is 0 Å². The molecule has 4 aromatic rings. The fourth-order valence-electron chi connectivity index (χ4n) is 3.17. The number of halogens is 3. The van der Waals surface area contributed by atoms with Gasteiger partial charge in [0.05, 0.1) is 17.3 Å². The van der Waals surface area contributed by atoms with Gasteiger partial charge in [-0.15, -0.1) is 0 Å². The quantitative estimate of drug-likeness (QED) is 0.511. The smallest absolute Gasteiger partial charge is 0.274 e. The van der Waals surface area contributed by atoms with Crippen molar-refractivity contribution in [2.24, 2.45) is 0 Å². The van der Waals surface area contributed by atoms with Gasteiger partial charge in [-0.05, 0) is 37.3 Å². The predicted octanol–water partition coefficient (Wildman–Crippen LogP) is 3.82. The Balaban J connectivity index is 1.47. The van der Waals surface area contributed by atoms with E-state index < -0.39 is 23.7 Å². The standard InChI is InChI=1S/C21H15ClF2N6O/c1-12(26-21(31)19-20(24)30-6-3-2-4-18(30)27-19)11-29-7-5-17(28-29)13-8-15(22)14(10-25)16(23)9-13/h2-9,12H,11H2,1H3,(H,26,31)/t12-/m0/s1. The van der Waals surface area contributed by atoms with Crippen LogP contribution in [-0.4, -0.2) is 31.1 Å². The molecular formula is C21H15ClF2N6O. The number of imidazole rings is 1. The molecule has 0 aliphatic rings. The first kappa shape index (κ1) is 20.5. The second-order valence-electron chi connectivity index (χ2n) is 6.90. The number of carbonyl (C=O) groups excluding carboxylic acids is 1. The van der Waals surface area contributed by atoms with Crippen LogP contribution in [0.25, 0.3) is 16.9 Å². The van der Waals surface area contributed by atoms with Crippen LogP contribution in [0.15, 0.2) is 48.8 Å². The molecular weight excluding hydrogens is 426 g/mol. The third kappa shape index (κ3) is 3.98. The third-order valence-electron chi connectivity index (χ3n) is 4.62. The highest BCUT2D eigenvalue weighted by Gasteiger charge is 2.20. The van der Waals surface area contributed by atoms with E-state index in [1.807, 2.05) is 0 Å². The number of nitrogens with one attached hydrogen (secondary N) is 1. The molecule has 3 heterocycles. The molecule has 1 amide bonds. The number of nitriles is 1. The van der Waals surface area contributed by atoms with Crippen molar-refractivity contribution in [2.45, 2.75) is 19.5 Å². The lowest BCUT2D eigenvalue weighted by molar-refractivity contribution is 0.0927. The van der Waals surface area contributed by atoms with E-state index in [-0.39, 0.29) is 22.8 Å². The predicted molar refractivity (Wildman–Crippen MR) is 109 cm³/mol. The summed E-state index contributed by atoms with van der Waals surface area (Å²) in [5, 5.41) is 16.0. The maximum absolute atomic E-state index is 14.4. The average molecular weight is 441 g/mol. The molecule has 3 aromatic heterocycles. The van der Waals surface area contributed by atoms with Gasteiger partial charge in [0.2, 0.25) is 5.95 Å². The highest BCUT2D eigenvalue weighted by Crippen LogP contribution is 2.26. The number of aromatic nitrogens is 4. The fraction of sp³-hybridized carbons (Fsp3) is 0.143. The van der Waals surface area contributed by atoms with Gasteiger partial charge in [0.25, 0.3) is 5.91 Å². The van der Waals surface area contributed by atoms with Gasteiger partial charge in [0.15, 0.2) is 5.69 Å². The van der Waals surface area contributed by atoms with E-state index in [0.717, 1.165) is 0 Å². The van der Waals surface area contributed by atoms with Crippen molar-refractivity contribution < 1.29 is 13.6 Å². The third-order valence-corrected chi connectivity index (χ3v) is 4.91. The van der Waals surface area contributed by atoms with Crippen LogP contribution in [0.5, 0.6) is 0 Å². The van der Waals surface area contributed by atoms with Crippen LogP contribution < -0.4 is 5.32 Å². The molecule has 4 rings (SSSR count). The summed E-state index contributed by atoms with van der Waals surface area (Å²) in [6, 6.07) is 10.6. The van der Waals surface area contributed by atoms with E-state index in [1.165, 1.54) is 22.7 Å². The Labute approximate surface area is 180 Å². The van der Waals surface area contributed by atoms with E-state index in [9.17, 15) is 13.6 Å².